The molecule has 0 aromatic heterocycles. The molecule has 2 N–H and O–H groups in total. The van der Waals surface area contributed by atoms with Gasteiger partial charge in [-0.2, -0.15) is 0 Å². The van der Waals surface area contributed by atoms with E-state index in [4.69, 9.17) is 9.47 Å². The molecule has 0 saturated carbocycles. The molecule has 108 valence electrons. The second-order valence-corrected chi connectivity index (χ2v) is 5.97. The number of aliphatic hydroxyl groups excluding tert-OH is 1. The summed E-state index contributed by atoms with van der Waals surface area (Å²) < 4.78 is 36.8. The lowest BCUT2D eigenvalue weighted by Crippen LogP contribution is -2.30. The van der Waals surface area contributed by atoms with Crippen LogP contribution in [0.4, 0.5) is 0 Å². The van der Waals surface area contributed by atoms with Crippen LogP contribution in [0.3, 0.4) is 0 Å². The van der Waals surface area contributed by atoms with Gasteiger partial charge in [-0.1, -0.05) is 0 Å². The van der Waals surface area contributed by atoms with Crippen LogP contribution >= 0.6 is 0 Å². The van der Waals surface area contributed by atoms with Gasteiger partial charge in [0.05, 0.1) is 25.7 Å². The van der Waals surface area contributed by atoms with Gasteiger partial charge in [-0.3, -0.25) is 0 Å². The molecular weight excluding hydrogens is 270 g/mol. The van der Waals surface area contributed by atoms with Gasteiger partial charge in [0.2, 0.25) is 10.0 Å². The van der Waals surface area contributed by atoms with E-state index in [1.54, 1.807) is 13.8 Å². The van der Waals surface area contributed by atoms with Crippen molar-refractivity contribution in [3.8, 4) is 11.5 Å². The zero-order valence-corrected chi connectivity index (χ0v) is 12.2. The van der Waals surface area contributed by atoms with E-state index >= 15 is 0 Å². The Balaban J connectivity index is 3.38. The van der Waals surface area contributed by atoms with Crippen LogP contribution < -0.4 is 14.2 Å². The van der Waals surface area contributed by atoms with Gasteiger partial charge in [-0.25, -0.2) is 13.1 Å². The monoisotopic (exact) mass is 289 g/mol. The molecule has 0 aliphatic heterocycles. The van der Waals surface area contributed by atoms with E-state index in [2.05, 4.69) is 4.72 Å². The van der Waals surface area contributed by atoms with Gasteiger partial charge in [-0.15, -0.1) is 0 Å². The van der Waals surface area contributed by atoms with E-state index in [0.717, 1.165) is 0 Å². The van der Waals surface area contributed by atoms with Crippen LogP contribution in [0, 0.1) is 0 Å². The number of hydrogen-bond donors (Lipinski definition) is 2. The Kier molecular flexibility index (Phi) is 5.16. The summed E-state index contributed by atoms with van der Waals surface area (Å²) in [6.45, 7) is 3.11. The highest BCUT2D eigenvalue weighted by molar-refractivity contribution is 7.89. The molecule has 0 spiro atoms. The van der Waals surface area contributed by atoms with Crippen molar-refractivity contribution in [1.82, 2.24) is 4.72 Å². The van der Waals surface area contributed by atoms with E-state index < -0.39 is 10.0 Å². The molecule has 7 heteroatoms. The van der Waals surface area contributed by atoms with Crippen molar-refractivity contribution in [1.29, 1.82) is 0 Å². The number of sulfonamides is 1. The van der Waals surface area contributed by atoms with Gasteiger partial charge in [0.15, 0.2) is 11.5 Å². The highest BCUT2D eigenvalue weighted by Gasteiger charge is 2.20. The maximum atomic E-state index is 12.1. The third kappa shape index (κ3) is 3.59. The summed E-state index contributed by atoms with van der Waals surface area (Å²) in [6.07, 6.45) is 0. The molecule has 1 aromatic rings. The van der Waals surface area contributed by atoms with Gasteiger partial charge in [0.1, 0.15) is 0 Å². The number of hydrogen-bond acceptors (Lipinski definition) is 5. The lowest BCUT2D eigenvalue weighted by Gasteiger charge is -2.15. The minimum atomic E-state index is -3.65. The quantitative estimate of drug-likeness (QED) is 0.812. The summed E-state index contributed by atoms with van der Waals surface area (Å²) >= 11 is 0. The number of aliphatic hydroxyl groups is 1. The normalized spacial score (nSPS) is 11.7. The fourth-order valence-corrected chi connectivity index (χ4v) is 2.98. The first-order chi connectivity index (χ1) is 8.85. The minimum absolute atomic E-state index is 0.0305. The van der Waals surface area contributed by atoms with Crippen molar-refractivity contribution < 1.29 is 23.0 Å². The zero-order chi connectivity index (χ0) is 14.6. The number of rotatable bonds is 6. The number of benzene rings is 1. The molecule has 0 aliphatic carbocycles. The fraction of sp³-hybridized carbons (Fsp3) is 0.500. The topological polar surface area (TPSA) is 84.9 Å². The highest BCUT2D eigenvalue weighted by atomic mass is 32.2. The van der Waals surface area contributed by atoms with Crippen LogP contribution in [-0.2, 0) is 16.6 Å². The Morgan fingerprint density at radius 1 is 1.26 bits per heavy atom. The third-order valence-electron chi connectivity index (χ3n) is 2.40. The predicted molar refractivity (Wildman–Crippen MR) is 70.9 cm³/mol. The standard InChI is InChI=1S/C12H19NO5S/c1-8(2)13-19(15,16)10-5-9(7-14)12(18-4)11(6-10)17-3/h5-6,8,13-14H,7H2,1-4H3. The molecule has 0 unspecified atom stereocenters. The van der Waals surface area contributed by atoms with Crippen molar-refractivity contribution in [3.05, 3.63) is 17.7 Å². The molecule has 1 rings (SSSR count). The molecule has 0 atom stereocenters. The molecule has 0 bridgehead atoms. The lowest BCUT2D eigenvalue weighted by atomic mass is 10.2. The Morgan fingerprint density at radius 2 is 1.89 bits per heavy atom. The van der Waals surface area contributed by atoms with Crippen LogP contribution in [0.15, 0.2) is 17.0 Å². The number of methoxy groups -OCH3 is 2. The summed E-state index contributed by atoms with van der Waals surface area (Å²) in [7, 11) is -0.810. The van der Waals surface area contributed by atoms with Gasteiger partial charge >= 0.3 is 0 Å². The van der Waals surface area contributed by atoms with Crippen LogP contribution in [0.1, 0.15) is 19.4 Å². The largest absolute Gasteiger partial charge is 0.493 e. The molecule has 1 aromatic carbocycles. The van der Waals surface area contributed by atoms with E-state index in [0.29, 0.717) is 11.3 Å². The van der Waals surface area contributed by atoms with Crippen molar-refractivity contribution in [2.24, 2.45) is 0 Å². The molecule has 0 saturated heterocycles. The minimum Gasteiger partial charge on any atom is -0.493 e. The predicted octanol–water partition coefficient (Wildman–Crippen LogP) is 0.883. The molecule has 19 heavy (non-hydrogen) atoms. The van der Waals surface area contributed by atoms with Crippen molar-refractivity contribution >= 4 is 10.0 Å². The van der Waals surface area contributed by atoms with Gasteiger partial charge in [0.25, 0.3) is 0 Å². The third-order valence-corrected chi connectivity index (χ3v) is 4.04. The van der Waals surface area contributed by atoms with Gasteiger partial charge in [-0.05, 0) is 19.9 Å². The summed E-state index contributed by atoms with van der Waals surface area (Å²) in [4.78, 5) is 0.0305. The highest BCUT2D eigenvalue weighted by Crippen LogP contribution is 2.34. The second kappa shape index (κ2) is 6.23. The van der Waals surface area contributed by atoms with Crippen molar-refractivity contribution in [2.45, 2.75) is 31.4 Å². The molecule has 0 heterocycles. The summed E-state index contributed by atoms with van der Waals surface area (Å²) in [5.41, 5.74) is 0.353. The molecule has 0 radical (unpaired) electrons. The smallest absolute Gasteiger partial charge is 0.240 e. The molecule has 0 fully saturated rings. The van der Waals surface area contributed by atoms with Crippen LogP contribution in [0.2, 0.25) is 0 Å². The Labute approximate surface area is 113 Å². The number of nitrogens with one attached hydrogen (secondary N) is 1. The molecule has 0 aliphatic rings. The lowest BCUT2D eigenvalue weighted by molar-refractivity contribution is 0.269. The first-order valence-electron chi connectivity index (χ1n) is 5.73. The van der Waals surface area contributed by atoms with E-state index in [9.17, 15) is 13.5 Å². The van der Waals surface area contributed by atoms with E-state index in [-0.39, 0.29) is 23.3 Å². The summed E-state index contributed by atoms with van der Waals surface area (Å²) in [6, 6.07) is 2.50. The van der Waals surface area contributed by atoms with Crippen LogP contribution in [-0.4, -0.2) is 33.8 Å². The van der Waals surface area contributed by atoms with Crippen LogP contribution in [0.25, 0.3) is 0 Å². The van der Waals surface area contributed by atoms with E-state index in [1.165, 1.54) is 26.4 Å². The second-order valence-electron chi connectivity index (χ2n) is 4.25. The summed E-state index contributed by atoms with van der Waals surface area (Å²) in [5.74, 6) is 0.590. The average Bonchev–Trinajstić information content (AvgIpc) is 2.35. The summed E-state index contributed by atoms with van der Waals surface area (Å²) in [5, 5.41) is 9.29. The molecule has 6 nitrogen and oxygen atoms in total. The van der Waals surface area contributed by atoms with Crippen molar-refractivity contribution in [2.75, 3.05) is 14.2 Å². The average molecular weight is 289 g/mol. The van der Waals surface area contributed by atoms with Gasteiger partial charge < -0.3 is 14.6 Å². The molecule has 0 amide bonds. The zero-order valence-electron chi connectivity index (χ0n) is 11.4. The fourth-order valence-electron chi connectivity index (χ4n) is 1.67. The van der Waals surface area contributed by atoms with Crippen molar-refractivity contribution in [3.63, 3.8) is 0 Å². The maximum absolute atomic E-state index is 12.1. The SMILES string of the molecule is COc1cc(S(=O)(=O)NC(C)C)cc(CO)c1OC. The number of ether oxygens (including phenoxy) is 2. The Hall–Kier alpha value is -1.31. The first-order valence-corrected chi connectivity index (χ1v) is 7.22. The maximum Gasteiger partial charge on any atom is 0.240 e. The Morgan fingerprint density at radius 3 is 2.32 bits per heavy atom. The Bertz CT molecular complexity index is 514. The van der Waals surface area contributed by atoms with Gasteiger partial charge in [0, 0.05) is 17.7 Å². The van der Waals surface area contributed by atoms with Crippen LogP contribution in [0.5, 0.6) is 11.5 Å². The van der Waals surface area contributed by atoms with E-state index in [1.807, 2.05) is 0 Å². The first kappa shape index (κ1) is 15.7. The molecular formula is C12H19NO5S.